The average Bonchev–Trinajstić information content (AvgIpc) is 3.62. The number of furan rings is 1. The highest BCUT2D eigenvalue weighted by atomic mass is 32.2. The molecule has 3 nitrogen and oxygen atoms in total. The largest absolute Gasteiger partial charge is 0.456 e. The second kappa shape index (κ2) is 9.02. The molecule has 0 saturated carbocycles. The molecule has 49 heavy (non-hydrogen) atoms. The molecule has 5 heteroatoms. The van der Waals surface area contributed by atoms with Crippen molar-refractivity contribution in [3.8, 4) is 11.1 Å². The van der Waals surface area contributed by atoms with E-state index in [0.29, 0.717) is 0 Å². The molecule has 3 aliphatic heterocycles. The quantitative estimate of drug-likeness (QED) is 0.152. The molecule has 6 aromatic carbocycles. The Kier molecular flexibility index (Phi) is 5.16. The van der Waals surface area contributed by atoms with E-state index in [0.717, 1.165) is 16.6 Å². The van der Waals surface area contributed by atoms with E-state index in [4.69, 9.17) is 4.42 Å². The first-order chi connectivity index (χ1) is 23.6. The molecule has 0 amide bonds. The van der Waals surface area contributed by atoms with Crippen molar-refractivity contribution < 1.29 is 4.42 Å². The van der Waals surface area contributed by atoms with Crippen LogP contribution in [-0.2, 0) is 10.8 Å². The first kappa shape index (κ1) is 28.0. The van der Waals surface area contributed by atoms with Crippen molar-refractivity contribution in [2.24, 2.45) is 0 Å². The predicted molar refractivity (Wildman–Crippen MR) is 209 cm³/mol. The Morgan fingerprint density at radius 3 is 2.20 bits per heavy atom. The molecule has 0 radical (unpaired) electrons. The summed E-state index contributed by atoms with van der Waals surface area (Å²) in [7, 11) is 0. The molecule has 0 aliphatic carbocycles. The number of anilines is 3. The fourth-order valence-electron chi connectivity index (χ4n) is 8.87. The Bertz CT molecular complexity index is 2790. The molecule has 236 valence electrons. The van der Waals surface area contributed by atoms with E-state index in [2.05, 4.69) is 154 Å². The van der Waals surface area contributed by atoms with Crippen molar-refractivity contribution in [1.29, 1.82) is 0 Å². The van der Waals surface area contributed by atoms with E-state index in [9.17, 15) is 0 Å². The fourth-order valence-corrected chi connectivity index (χ4v) is 9.97. The summed E-state index contributed by atoms with van der Waals surface area (Å²) in [6.07, 6.45) is 0. The monoisotopic (exact) mass is 650 g/mol. The Morgan fingerprint density at radius 1 is 0.612 bits per heavy atom. The number of fused-ring (bicyclic) bond motifs is 13. The van der Waals surface area contributed by atoms with Gasteiger partial charge in [-0.2, -0.15) is 0 Å². The lowest BCUT2D eigenvalue weighted by atomic mass is 9.45. The minimum atomic E-state index is -0.0222. The smallest absolute Gasteiger partial charge is 0.333 e. The second-order valence-corrected chi connectivity index (χ2v) is 17.3. The average molecular weight is 651 g/mol. The molecule has 0 fully saturated rings. The van der Waals surface area contributed by atoms with E-state index < -0.39 is 0 Å². The molecule has 11 rings (SSSR count). The summed E-state index contributed by atoms with van der Waals surface area (Å²) in [5.41, 5.74) is 16.3. The Balaban J connectivity index is 1.39. The van der Waals surface area contributed by atoms with Crippen LogP contribution < -0.4 is 15.8 Å². The van der Waals surface area contributed by atoms with Gasteiger partial charge in [0.05, 0.1) is 22.4 Å². The fraction of sp³-hybridized carbons (Fsp3) is 0.182. The molecule has 2 aromatic heterocycles. The van der Waals surface area contributed by atoms with Gasteiger partial charge in [0.15, 0.2) is 0 Å². The Labute approximate surface area is 290 Å². The topological polar surface area (TPSA) is 21.3 Å². The summed E-state index contributed by atoms with van der Waals surface area (Å²) in [6.45, 7) is 14.0. The van der Waals surface area contributed by atoms with Crippen molar-refractivity contribution in [3.63, 3.8) is 0 Å². The maximum Gasteiger partial charge on any atom is 0.333 e. The normalized spacial score (nSPS) is 14.6. The van der Waals surface area contributed by atoms with Crippen LogP contribution >= 0.6 is 11.8 Å². The molecular formula is C44H35BN2OS. The standard InChI is InChI=1S/C44H35BN2OS/c1-43(2,3)24-18-19-32-27(20-24)29-21-25(44(4,5)6)22-30-28-23-35-38(26-12-7-9-15-34(26)48-35)42-39(28)45(47(32)40(29)30)31-13-11-17-37-41(31)46(42)33-14-8-10-16-36(33)49-37/h7-23H,1-6H3. The van der Waals surface area contributed by atoms with Crippen LogP contribution in [0.5, 0.6) is 0 Å². The number of benzene rings is 6. The van der Waals surface area contributed by atoms with Crippen LogP contribution in [0, 0.1) is 0 Å². The minimum Gasteiger partial charge on any atom is -0.456 e. The van der Waals surface area contributed by atoms with Crippen LogP contribution in [0.4, 0.5) is 17.1 Å². The summed E-state index contributed by atoms with van der Waals surface area (Å²) in [4.78, 5) is 5.15. The van der Waals surface area contributed by atoms with E-state index in [1.165, 1.54) is 87.2 Å². The van der Waals surface area contributed by atoms with E-state index in [1.807, 2.05) is 11.8 Å². The summed E-state index contributed by atoms with van der Waals surface area (Å²) in [5, 5.41) is 5.04. The second-order valence-electron chi connectivity index (χ2n) is 16.2. The highest BCUT2D eigenvalue weighted by Crippen LogP contribution is 2.56. The SMILES string of the molecule is CC(C)(C)c1ccc2c(c1)c1cc(C(C)(C)C)cc3c1n2B1c2cccc4c2N(c2ccccc2S4)c2c1c-3cc1oc3ccccc3c21. The van der Waals surface area contributed by atoms with Gasteiger partial charge in [-0.1, -0.05) is 102 Å². The molecule has 0 spiro atoms. The van der Waals surface area contributed by atoms with Crippen LogP contribution in [0.2, 0.25) is 0 Å². The molecule has 0 atom stereocenters. The molecule has 0 bridgehead atoms. The van der Waals surface area contributed by atoms with Crippen LogP contribution in [0.15, 0.2) is 117 Å². The molecule has 0 saturated heterocycles. The van der Waals surface area contributed by atoms with Gasteiger partial charge < -0.3 is 13.8 Å². The number of para-hydroxylation sites is 3. The molecule has 0 unspecified atom stereocenters. The van der Waals surface area contributed by atoms with Crippen molar-refractivity contribution in [2.75, 3.05) is 4.90 Å². The van der Waals surface area contributed by atoms with Gasteiger partial charge in [-0.05, 0) is 93.0 Å². The highest BCUT2D eigenvalue weighted by molar-refractivity contribution is 7.99. The number of nitrogens with zero attached hydrogens (tertiary/aromatic N) is 2. The molecule has 5 heterocycles. The maximum atomic E-state index is 6.79. The van der Waals surface area contributed by atoms with Gasteiger partial charge in [0, 0.05) is 42.5 Å². The number of hydrogen-bond acceptors (Lipinski definition) is 3. The van der Waals surface area contributed by atoms with Crippen LogP contribution in [0.25, 0.3) is 54.9 Å². The van der Waals surface area contributed by atoms with Crippen LogP contribution in [-0.4, -0.2) is 11.3 Å². The lowest BCUT2D eigenvalue weighted by Crippen LogP contribution is -2.57. The van der Waals surface area contributed by atoms with Crippen LogP contribution in [0.3, 0.4) is 0 Å². The van der Waals surface area contributed by atoms with E-state index in [1.54, 1.807) is 0 Å². The number of hydrogen-bond donors (Lipinski definition) is 0. The Morgan fingerprint density at radius 2 is 1.37 bits per heavy atom. The molecule has 3 aliphatic rings. The zero-order valence-electron chi connectivity index (χ0n) is 28.6. The molecule has 0 N–H and O–H groups in total. The first-order valence-electron chi connectivity index (χ1n) is 17.4. The van der Waals surface area contributed by atoms with Gasteiger partial charge in [0.2, 0.25) is 0 Å². The minimum absolute atomic E-state index is 0.00796. The van der Waals surface area contributed by atoms with Gasteiger partial charge in [-0.15, -0.1) is 0 Å². The first-order valence-corrected chi connectivity index (χ1v) is 18.2. The third kappa shape index (κ3) is 3.51. The van der Waals surface area contributed by atoms with Gasteiger partial charge in [-0.3, -0.25) is 0 Å². The zero-order chi connectivity index (χ0) is 33.1. The van der Waals surface area contributed by atoms with Crippen molar-refractivity contribution >= 4 is 90.3 Å². The summed E-state index contributed by atoms with van der Waals surface area (Å²) < 4.78 is 9.48. The third-order valence-corrected chi connectivity index (χ3v) is 12.3. The predicted octanol–water partition coefficient (Wildman–Crippen LogP) is 11.2. The van der Waals surface area contributed by atoms with Crippen molar-refractivity contribution in [2.45, 2.75) is 62.2 Å². The summed E-state index contributed by atoms with van der Waals surface area (Å²) in [5.74, 6) is 0. The van der Waals surface area contributed by atoms with Crippen molar-refractivity contribution in [3.05, 3.63) is 114 Å². The zero-order valence-corrected chi connectivity index (χ0v) is 29.4. The highest BCUT2D eigenvalue weighted by Gasteiger charge is 2.46. The van der Waals surface area contributed by atoms with Gasteiger partial charge in [0.1, 0.15) is 11.2 Å². The lowest BCUT2D eigenvalue weighted by molar-refractivity contribution is 0.590. The molecular weight excluding hydrogens is 615 g/mol. The molecule has 8 aromatic rings. The summed E-state index contributed by atoms with van der Waals surface area (Å²) >= 11 is 1.89. The number of aromatic nitrogens is 1. The van der Waals surface area contributed by atoms with Gasteiger partial charge in [-0.25, -0.2) is 0 Å². The van der Waals surface area contributed by atoms with Crippen LogP contribution in [0.1, 0.15) is 52.7 Å². The summed E-state index contributed by atoms with van der Waals surface area (Å²) in [6, 6.07) is 39.0. The van der Waals surface area contributed by atoms with E-state index >= 15 is 0 Å². The van der Waals surface area contributed by atoms with Gasteiger partial charge >= 0.3 is 6.85 Å². The van der Waals surface area contributed by atoms with E-state index in [-0.39, 0.29) is 17.7 Å². The Hall–Kier alpha value is -4.87. The lowest BCUT2D eigenvalue weighted by Gasteiger charge is -2.43. The third-order valence-electron chi connectivity index (χ3n) is 11.2. The maximum absolute atomic E-state index is 6.79. The van der Waals surface area contributed by atoms with Gasteiger partial charge in [0.25, 0.3) is 0 Å². The van der Waals surface area contributed by atoms with Crippen molar-refractivity contribution in [1.82, 2.24) is 4.48 Å². The number of rotatable bonds is 0.